The highest BCUT2D eigenvalue weighted by atomic mass is 35.5. The molecule has 5 nitrogen and oxygen atoms in total. The molecule has 0 aliphatic rings. The van der Waals surface area contributed by atoms with Gasteiger partial charge in [0.1, 0.15) is 5.69 Å². The maximum absolute atomic E-state index is 7.47. The average Bonchev–Trinajstić information content (AvgIpc) is 2.27. The highest BCUT2D eigenvalue weighted by Gasteiger charge is 2.11. The summed E-state index contributed by atoms with van der Waals surface area (Å²) in [5.74, 6) is 0.150. The standard InChI is InChI=1S/C10H9Cl2N5/c1-17-10(14)15-9(13)8(16-17)6-4-5(11)2-3-7(6)12/h2-4H,1H3,(H3,13,14,15). The van der Waals surface area contributed by atoms with E-state index in [1.54, 1.807) is 25.2 Å². The number of nitrogens with zero attached hydrogens (tertiary/aromatic N) is 3. The maximum Gasteiger partial charge on any atom is 0.240 e. The number of anilines is 1. The Balaban J connectivity index is 2.72. The molecule has 3 N–H and O–H groups in total. The van der Waals surface area contributed by atoms with Crippen molar-refractivity contribution in [3.05, 3.63) is 33.9 Å². The van der Waals surface area contributed by atoms with E-state index in [-0.39, 0.29) is 11.4 Å². The molecule has 2 aromatic rings. The molecular weight excluding hydrogens is 261 g/mol. The normalized spacial score (nSPS) is 10.5. The zero-order valence-corrected chi connectivity index (χ0v) is 10.4. The van der Waals surface area contributed by atoms with Gasteiger partial charge in [0.2, 0.25) is 5.62 Å². The van der Waals surface area contributed by atoms with Crippen LogP contribution in [0.25, 0.3) is 11.3 Å². The van der Waals surface area contributed by atoms with Gasteiger partial charge in [-0.05, 0) is 18.2 Å². The van der Waals surface area contributed by atoms with Crippen LogP contribution in [0.5, 0.6) is 0 Å². The van der Waals surface area contributed by atoms with Crippen LogP contribution < -0.4 is 11.4 Å². The number of hydrogen-bond donors (Lipinski definition) is 2. The molecule has 0 aliphatic heterocycles. The second-order valence-corrected chi connectivity index (χ2v) is 4.26. The first-order valence-corrected chi connectivity index (χ1v) is 5.45. The molecule has 0 fully saturated rings. The summed E-state index contributed by atoms with van der Waals surface area (Å²) in [5.41, 5.74) is 6.72. The minimum Gasteiger partial charge on any atom is -0.382 e. The van der Waals surface area contributed by atoms with Crippen molar-refractivity contribution in [2.75, 3.05) is 5.73 Å². The molecule has 7 heteroatoms. The predicted octanol–water partition coefficient (Wildman–Crippen LogP) is 1.85. The molecule has 1 aromatic heterocycles. The third kappa shape index (κ3) is 2.25. The summed E-state index contributed by atoms with van der Waals surface area (Å²) in [6.45, 7) is 0. The minimum atomic E-state index is -0.0237. The van der Waals surface area contributed by atoms with Crippen molar-refractivity contribution in [3.63, 3.8) is 0 Å². The van der Waals surface area contributed by atoms with Crippen molar-refractivity contribution >= 4 is 29.0 Å². The summed E-state index contributed by atoms with van der Waals surface area (Å²) < 4.78 is 1.31. The summed E-state index contributed by atoms with van der Waals surface area (Å²) in [5, 5.41) is 12.6. The molecular formula is C10H9Cl2N5. The van der Waals surface area contributed by atoms with Crippen molar-refractivity contribution in [1.82, 2.24) is 14.8 Å². The number of hydrogen-bond acceptors (Lipinski definition) is 4. The molecule has 0 amide bonds. The minimum absolute atomic E-state index is 0.0237. The van der Waals surface area contributed by atoms with Gasteiger partial charge >= 0.3 is 0 Å². The zero-order valence-electron chi connectivity index (χ0n) is 8.91. The third-order valence-electron chi connectivity index (χ3n) is 2.21. The van der Waals surface area contributed by atoms with E-state index < -0.39 is 0 Å². The van der Waals surface area contributed by atoms with Gasteiger partial charge in [-0.25, -0.2) is 4.68 Å². The number of nitrogens with one attached hydrogen (secondary N) is 1. The largest absolute Gasteiger partial charge is 0.382 e. The summed E-state index contributed by atoms with van der Waals surface area (Å²) in [6, 6.07) is 5.00. The van der Waals surface area contributed by atoms with Crippen molar-refractivity contribution in [2.24, 2.45) is 7.05 Å². The zero-order chi connectivity index (χ0) is 12.6. The Hall–Kier alpha value is -1.59. The van der Waals surface area contributed by atoms with Gasteiger partial charge in [0.05, 0.1) is 5.02 Å². The van der Waals surface area contributed by atoms with Crippen LogP contribution in [-0.2, 0) is 7.05 Å². The lowest BCUT2D eigenvalue weighted by molar-refractivity contribution is 0.652. The Bertz CT molecular complexity index is 635. The highest BCUT2D eigenvalue weighted by Crippen LogP contribution is 2.30. The molecule has 0 unspecified atom stereocenters. The van der Waals surface area contributed by atoms with E-state index >= 15 is 0 Å². The summed E-state index contributed by atoms with van der Waals surface area (Å²) in [7, 11) is 1.61. The van der Waals surface area contributed by atoms with Crippen molar-refractivity contribution < 1.29 is 0 Å². The molecule has 0 atom stereocenters. The predicted molar refractivity (Wildman–Crippen MR) is 66.7 cm³/mol. The van der Waals surface area contributed by atoms with Crippen LogP contribution in [-0.4, -0.2) is 14.8 Å². The van der Waals surface area contributed by atoms with Crippen molar-refractivity contribution in [2.45, 2.75) is 0 Å². The second kappa shape index (κ2) is 4.35. The fourth-order valence-electron chi connectivity index (χ4n) is 1.36. The molecule has 0 saturated carbocycles. The van der Waals surface area contributed by atoms with Gasteiger partial charge in [-0.2, -0.15) is 10.1 Å². The number of benzene rings is 1. The molecule has 0 spiro atoms. The van der Waals surface area contributed by atoms with Gasteiger partial charge in [0, 0.05) is 17.6 Å². The van der Waals surface area contributed by atoms with Gasteiger partial charge in [-0.3, -0.25) is 5.41 Å². The molecule has 0 saturated heterocycles. The lowest BCUT2D eigenvalue weighted by atomic mass is 10.1. The summed E-state index contributed by atoms with van der Waals surface area (Å²) in [6.07, 6.45) is 0. The van der Waals surface area contributed by atoms with Gasteiger partial charge in [-0.15, -0.1) is 0 Å². The molecule has 1 heterocycles. The molecule has 0 aliphatic carbocycles. The first kappa shape index (κ1) is 11.9. The Morgan fingerprint density at radius 2 is 2.06 bits per heavy atom. The number of aromatic nitrogens is 3. The Morgan fingerprint density at radius 1 is 1.35 bits per heavy atom. The lowest BCUT2D eigenvalue weighted by Crippen LogP contribution is -2.24. The van der Waals surface area contributed by atoms with Crippen molar-refractivity contribution in [3.8, 4) is 11.3 Å². The van der Waals surface area contributed by atoms with Crippen LogP contribution in [0.3, 0.4) is 0 Å². The number of nitrogens with two attached hydrogens (primary N) is 1. The van der Waals surface area contributed by atoms with Crippen molar-refractivity contribution in [1.29, 1.82) is 5.41 Å². The van der Waals surface area contributed by atoms with Gasteiger partial charge < -0.3 is 5.73 Å². The van der Waals surface area contributed by atoms with Crippen LogP contribution in [0.1, 0.15) is 0 Å². The van der Waals surface area contributed by atoms with Gasteiger partial charge in [-0.1, -0.05) is 23.2 Å². The number of nitrogen functional groups attached to an aromatic ring is 1. The Morgan fingerprint density at radius 3 is 2.76 bits per heavy atom. The fourth-order valence-corrected chi connectivity index (χ4v) is 1.74. The van der Waals surface area contributed by atoms with E-state index in [4.69, 9.17) is 34.3 Å². The van der Waals surface area contributed by atoms with E-state index in [9.17, 15) is 0 Å². The molecule has 2 rings (SSSR count). The van der Waals surface area contributed by atoms with Crippen LogP contribution in [0, 0.1) is 5.41 Å². The lowest BCUT2D eigenvalue weighted by Gasteiger charge is -2.08. The summed E-state index contributed by atoms with van der Waals surface area (Å²) >= 11 is 12.0. The van der Waals surface area contributed by atoms with Gasteiger partial charge in [0.25, 0.3) is 0 Å². The number of halogens is 2. The van der Waals surface area contributed by atoms with E-state index in [0.717, 1.165) is 0 Å². The molecule has 1 aromatic carbocycles. The van der Waals surface area contributed by atoms with Crippen LogP contribution in [0.2, 0.25) is 10.0 Å². The van der Waals surface area contributed by atoms with E-state index in [0.29, 0.717) is 21.3 Å². The SMILES string of the molecule is Cn1nc(-c2cc(Cl)ccc2Cl)c(N)nc1=N. The van der Waals surface area contributed by atoms with E-state index in [1.807, 2.05) is 0 Å². The Kier molecular flexibility index (Phi) is 3.04. The highest BCUT2D eigenvalue weighted by molar-refractivity contribution is 6.35. The first-order chi connectivity index (χ1) is 7.99. The van der Waals surface area contributed by atoms with Gasteiger partial charge in [0.15, 0.2) is 5.82 Å². The average molecular weight is 270 g/mol. The monoisotopic (exact) mass is 269 g/mol. The van der Waals surface area contributed by atoms with E-state index in [1.165, 1.54) is 4.68 Å². The van der Waals surface area contributed by atoms with Crippen LogP contribution >= 0.6 is 23.2 Å². The molecule has 0 bridgehead atoms. The maximum atomic E-state index is 7.47. The first-order valence-electron chi connectivity index (χ1n) is 4.70. The van der Waals surface area contributed by atoms with Crippen LogP contribution in [0.4, 0.5) is 5.82 Å². The smallest absolute Gasteiger partial charge is 0.240 e. The Labute approximate surface area is 107 Å². The van der Waals surface area contributed by atoms with Crippen LogP contribution in [0.15, 0.2) is 18.2 Å². The van der Waals surface area contributed by atoms with E-state index in [2.05, 4.69) is 10.1 Å². The third-order valence-corrected chi connectivity index (χ3v) is 2.77. The fraction of sp³-hybridized carbons (Fsp3) is 0.100. The number of aryl methyl sites for hydroxylation is 1. The second-order valence-electron chi connectivity index (χ2n) is 3.42. The summed E-state index contributed by atoms with van der Waals surface area (Å²) in [4.78, 5) is 3.86. The number of rotatable bonds is 1. The topological polar surface area (TPSA) is 80.6 Å². The molecule has 17 heavy (non-hydrogen) atoms. The quantitative estimate of drug-likeness (QED) is 0.829. The molecule has 88 valence electrons. The molecule has 0 radical (unpaired) electrons.